The molecule has 0 spiro atoms. The van der Waals surface area contributed by atoms with Crippen LogP contribution in [-0.2, 0) is 10.0 Å². The summed E-state index contributed by atoms with van der Waals surface area (Å²) in [7, 11) is -2.19. The van der Waals surface area contributed by atoms with Crippen molar-refractivity contribution in [1.29, 1.82) is 0 Å². The molecular weight excluding hydrogens is 396 g/mol. The molecule has 8 heteroatoms. The van der Waals surface area contributed by atoms with E-state index in [1.807, 2.05) is 6.92 Å². The van der Waals surface area contributed by atoms with Crippen molar-refractivity contribution < 1.29 is 17.9 Å². The maximum absolute atomic E-state index is 12.2. The lowest BCUT2D eigenvalue weighted by Crippen LogP contribution is -2.18. The summed E-state index contributed by atoms with van der Waals surface area (Å²) in [6.45, 7) is 2.30. The van der Waals surface area contributed by atoms with Gasteiger partial charge in [-0.1, -0.05) is 22.0 Å². The second-order valence-electron chi connectivity index (χ2n) is 4.62. The number of hydrazone groups is 1. The number of rotatable bonds is 7. The van der Waals surface area contributed by atoms with Gasteiger partial charge in [-0.2, -0.15) is 13.5 Å². The highest BCUT2D eigenvalue weighted by molar-refractivity contribution is 9.10. The van der Waals surface area contributed by atoms with Gasteiger partial charge in [-0.25, -0.2) is 4.83 Å². The first kappa shape index (κ1) is 18.3. The van der Waals surface area contributed by atoms with Gasteiger partial charge in [0.25, 0.3) is 10.0 Å². The number of para-hydroxylation sites is 1. The predicted molar refractivity (Wildman–Crippen MR) is 96.2 cm³/mol. The smallest absolute Gasteiger partial charge is 0.276 e. The summed E-state index contributed by atoms with van der Waals surface area (Å²) in [6, 6.07) is 11.5. The van der Waals surface area contributed by atoms with E-state index in [1.165, 1.54) is 25.5 Å². The molecule has 0 fully saturated rings. The Morgan fingerprint density at radius 2 is 1.92 bits per heavy atom. The second kappa shape index (κ2) is 8.16. The molecule has 0 bridgehead atoms. The van der Waals surface area contributed by atoms with Crippen molar-refractivity contribution in [2.24, 2.45) is 5.10 Å². The Morgan fingerprint density at radius 1 is 1.21 bits per heavy atom. The number of methoxy groups -OCH3 is 1. The molecule has 0 saturated carbocycles. The quantitative estimate of drug-likeness (QED) is 0.559. The van der Waals surface area contributed by atoms with Crippen molar-refractivity contribution in [1.82, 2.24) is 4.83 Å². The lowest BCUT2D eigenvalue weighted by atomic mass is 10.2. The van der Waals surface area contributed by atoms with Crippen LogP contribution in [0.3, 0.4) is 0 Å². The molecule has 0 saturated heterocycles. The van der Waals surface area contributed by atoms with Gasteiger partial charge in [0, 0.05) is 10.0 Å². The van der Waals surface area contributed by atoms with Crippen molar-refractivity contribution in [2.45, 2.75) is 11.8 Å². The van der Waals surface area contributed by atoms with Crippen molar-refractivity contribution in [3.05, 3.63) is 52.5 Å². The molecule has 0 amide bonds. The highest BCUT2D eigenvalue weighted by Gasteiger charge is 2.13. The zero-order chi connectivity index (χ0) is 17.6. The SMILES string of the molecule is CCOc1c(/C=N/NS(=O)(=O)c2ccc(Br)cc2)cccc1OC. The molecule has 2 aromatic rings. The van der Waals surface area contributed by atoms with Gasteiger partial charge < -0.3 is 9.47 Å². The number of halogens is 1. The summed E-state index contributed by atoms with van der Waals surface area (Å²) >= 11 is 3.26. The van der Waals surface area contributed by atoms with Gasteiger partial charge in [-0.15, -0.1) is 0 Å². The minimum atomic E-state index is -3.73. The molecular formula is C16H17BrN2O4S. The Balaban J connectivity index is 2.21. The van der Waals surface area contributed by atoms with Gasteiger partial charge in [0.05, 0.1) is 24.8 Å². The first-order chi connectivity index (χ1) is 11.5. The molecule has 0 aliphatic heterocycles. The molecule has 128 valence electrons. The summed E-state index contributed by atoms with van der Waals surface area (Å²) < 4.78 is 35.9. The molecule has 0 heterocycles. The zero-order valence-electron chi connectivity index (χ0n) is 13.2. The van der Waals surface area contributed by atoms with Crippen LogP contribution in [0.2, 0.25) is 0 Å². The van der Waals surface area contributed by atoms with Gasteiger partial charge in [-0.05, 0) is 43.3 Å². The number of nitrogens with zero attached hydrogens (tertiary/aromatic N) is 1. The van der Waals surface area contributed by atoms with Gasteiger partial charge in [-0.3, -0.25) is 0 Å². The zero-order valence-corrected chi connectivity index (χ0v) is 15.6. The number of benzene rings is 2. The summed E-state index contributed by atoms with van der Waals surface area (Å²) in [5.74, 6) is 1.06. The highest BCUT2D eigenvalue weighted by Crippen LogP contribution is 2.29. The van der Waals surface area contributed by atoms with E-state index < -0.39 is 10.0 Å². The minimum absolute atomic E-state index is 0.124. The summed E-state index contributed by atoms with van der Waals surface area (Å²) in [4.78, 5) is 2.30. The molecule has 2 aromatic carbocycles. The van der Waals surface area contributed by atoms with Crippen LogP contribution >= 0.6 is 15.9 Å². The average molecular weight is 413 g/mol. The monoisotopic (exact) mass is 412 g/mol. The third kappa shape index (κ3) is 4.48. The van der Waals surface area contributed by atoms with Gasteiger partial charge in [0.15, 0.2) is 11.5 Å². The third-order valence-corrected chi connectivity index (χ3v) is 4.79. The van der Waals surface area contributed by atoms with Crippen LogP contribution in [0.25, 0.3) is 0 Å². The first-order valence-electron chi connectivity index (χ1n) is 7.08. The molecule has 0 aromatic heterocycles. The van der Waals surface area contributed by atoms with Crippen molar-refractivity contribution in [3.8, 4) is 11.5 Å². The fraction of sp³-hybridized carbons (Fsp3) is 0.188. The highest BCUT2D eigenvalue weighted by atomic mass is 79.9. The third-order valence-electron chi connectivity index (χ3n) is 3.02. The first-order valence-corrected chi connectivity index (χ1v) is 9.35. The molecule has 0 unspecified atom stereocenters. The summed E-state index contributed by atoms with van der Waals surface area (Å²) in [5.41, 5.74) is 0.606. The van der Waals surface area contributed by atoms with Crippen LogP contribution < -0.4 is 14.3 Å². The molecule has 0 atom stereocenters. The normalized spacial score (nSPS) is 11.5. The van der Waals surface area contributed by atoms with Gasteiger partial charge >= 0.3 is 0 Å². The number of hydrogen-bond acceptors (Lipinski definition) is 5. The number of hydrogen-bond donors (Lipinski definition) is 1. The molecule has 0 aliphatic carbocycles. The van der Waals surface area contributed by atoms with Crippen LogP contribution in [-0.4, -0.2) is 28.3 Å². The second-order valence-corrected chi connectivity index (χ2v) is 7.20. The number of sulfonamides is 1. The predicted octanol–water partition coefficient (Wildman–Crippen LogP) is 3.17. The van der Waals surface area contributed by atoms with E-state index in [0.29, 0.717) is 23.7 Å². The molecule has 1 N–H and O–H groups in total. The Hall–Kier alpha value is -2.06. The standard InChI is InChI=1S/C16H17BrN2O4S/c1-3-23-16-12(5-4-6-15(16)22-2)11-18-19-24(20,21)14-9-7-13(17)8-10-14/h4-11,19H,3H2,1-2H3/b18-11+. The Kier molecular flexibility index (Phi) is 6.22. The van der Waals surface area contributed by atoms with Crippen LogP contribution in [0.5, 0.6) is 11.5 Å². The fourth-order valence-electron chi connectivity index (χ4n) is 1.93. The maximum Gasteiger partial charge on any atom is 0.276 e. The lowest BCUT2D eigenvalue weighted by molar-refractivity contribution is 0.310. The molecule has 2 rings (SSSR count). The van der Waals surface area contributed by atoms with Crippen molar-refractivity contribution in [3.63, 3.8) is 0 Å². The van der Waals surface area contributed by atoms with Crippen LogP contribution in [0, 0.1) is 0 Å². The Bertz CT molecular complexity index is 820. The fourth-order valence-corrected chi connectivity index (χ4v) is 2.98. The van der Waals surface area contributed by atoms with Crippen molar-refractivity contribution >= 4 is 32.2 Å². The van der Waals surface area contributed by atoms with E-state index in [-0.39, 0.29) is 4.90 Å². The van der Waals surface area contributed by atoms with Crippen molar-refractivity contribution in [2.75, 3.05) is 13.7 Å². The van der Waals surface area contributed by atoms with E-state index in [2.05, 4.69) is 25.9 Å². The molecule has 24 heavy (non-hydrogen) atoms. The van der Waals surface area contributed by atoms with E-state index >= 15 is 0 Å². The van der Waals surface area contributed by atoms with E-state index in [0.717, 1.165) is 4.47 Å². The van der Waals surface area contributed by atoms with E-state index in [1.54, 1.807) is 30.3 Å². The topological polar surface area (TPSA) is 77.0 Å². The molecule has 0 aliphatic rings. The lowest BCUT2D eigenvalue weighted by Gasteiger charge is -2.11. The number of ether oxygens (including phenoxy) is 2. The Labute approximate surface area is 149 Å². The van der Waals surface area contributed by atoms with Gasteiger partial charge in [0.2, 0.25) is 0 Å². The van der Waals surface area contributed by atoms with E-state index in [9.17, 15) is 8.42 Å². The van der Waals surface area contributed by atoms with Crippen LogP contribution in [0.4, 0.5) is 0 Å². The summed E-state index contributed by atoms with van der Waals surface area (Å²) in [6.07, 6.45) is 1.38. The summed E-state index contributed by atoms with van der Waals surface area (Å²) in [5, 5.41) is 3.82. The van der Waals surface area contributed by atoms with E-state index in [4.69, 9.17) is 9.47 Å². The maximum atomic E-state index is 12.2. The van der Waals surface area contributed by atoms with Gasteiger partial charge in [0.1, 0.15) is 0 Å². The van der Waals surface area contributed by atoms with Crippen LogP contribution in [0.15, 0.2) is 56.9 Å². The largest absolute Gasteiger partial charge is 0.493 e. The molecule has 0 radical (unpaired) electrons. The Morgan fingerprint density at radius 3 is 2.54 bits per heavy atom. The number of nitrogens with one attached hydrogen (secondary N) is 1. The minimum Gasteiger partial charge on any atom is -0.493 e. The average Bonchev–Trinajstić information content (AvgIpc) is 2.56. The van der Waals surface area contributed by atoms with Crippen LogP contribution in [0.1, 0.15) is 12.5 Å². The molecule has 6 nitrogen and oxygen atoms in total.